The van der Waals surface area contributed by atoms with Crippen LogP contribution in [0.2, 0.25) is 0 Å². The lowest BCUT2D eigenvalue weighted by atomic mass is 9.90. The van der Waals surface area contributed by atoms with Crippen molar-refractivity contribution in [3.05, 3.63) is 35.1 Å². The van der Waals surface area contributed by atoms with Crippen LogP contribution in [0.3, 0.4) is 0 Å². The fourth-order valence-corrected chi connectivity index (χ4v) is 2.29. The highest BCUT2D eigenvalue weighted by Gasteiger charge is 2.24. The molecule has 0 bridgehead atoms. The first-order valence-corrected chi connectivity index (χ1v) is 5.35. The highest BCUT2D eigenvalue weighted by Crippen LogP contribution is 2.22. The molecule has 2 nitrogen and oxygen atoms in total. The van der Waals surface area contributed by atoms with Gasteiger partial charge in [0.2, 0.25) is 0 Å². The van der Waals surface area contributed by atoms with Crippen LogP contribution in [0, 0.1) is 11.7 Å². The van der Waals surface area contributed by atoms with Gasteiger partial charge in [0.1, 0.15) is 5.82 Å². The Morgan fingerprint density at radius 2 is 2.20 bits per heavy atom. The molecule has 0 unspecified atom stereocenters. The molecule has 0 spiro atoms. The van der Waals surface area contributed by atoms with E-state index in [-0.39, 0.29) is 5.82 Å². The third-order valence-electron chi connectivity index (χ3n) is 3.07. The topological polar surface area (TPSA) is 29.3 Å². The molecular formula is C12H17FN2. The van der Waals surface area contributed by atoms with Crippen molar-refractivity contribution in [3.8, 4) is 0 Å². The number of benzene rings is 1. The fraction of sp³-hybridized carbons (Fsp3) is 0.500. The fourth-order valence-electron chi connectivity index (χ4n) is 2.29. The van der Waals surface area contributed by atoms with Crippen molar-refractivity contribution in [1.29, 1.82) is 0 Å². The maximum Gasteiger partial charge on any atom is 0.127 e. The van der Waals surface area contributed by atoms with Crippen molar-refractivity contribution in [1.82, 2.24) is 4.90 Å². The number of rotatable bonds is 3. The van der Waals surface area contributed by atoms with E-state index in [2.05, 4.69) is 11.9 Å². The van der Waals surface area contributed by atoms with E-state index in [0.29, 0.717) is 18.0 Å². The third kappa shape index (κ3) is 2.19. The Labute approximate surface area is 89.9 Å². The van der Waals surface area contributed by atoms with Gasteiger partial charge >= 0.3 is 0 Å². The molecule has 0 radical (unpaired) electrons. The largest absolute Gasteiger partial charge is 0.326 e. The molecule has 15 heavy (non-hydrogen) atoms. The van der Waals surface area contributed by atoms with E-state index in [9.17, 15) is 4.39 Å². The number of nitrogens with zero attached hydrogens (tertiary/aromatic N) is 1. The Hall–Kier alpha value is -0.930. The zero-order valence-corrected chi connectivity index (χ0v) is 9.04. The summed E-state index contributed by atoms with van der Waals surface area (Å²) in [4.78, 5) is 2.27. The van der Waals surface area contributed by atoms with Gasteiger partial charge in [-0.3, -0.25) is 0 Å². The summed E-state index contributed by atoms with van der Waals surface area (Å²) >= 11 is 0. The van der Waals surface area contributed by atoms with Gasteiger partial charge in [0.15, 0.2) is 0 Å². The monoisotopic (exact) mass is 208 g/mol. The van der Waals surface area contributed by atoms with Gasteiger partial charge in [-0.15, -0.1) is 0 Å². The minimum absolute atomic E-state index is 0.164. The average Bonchev–Trinajstić information content (AvgIpc) is 2.16. The van der Waals surface area contributed by atoms with E-state index in [1.54, 1.807) is 6.07 Å². The minimum Gasteiger partial charge on any atom is -0.326 e. The first-order valence-electron chi connectivity index (χ1n) is 5.35. The van der Waals surface area contributed by atoms with Crippen LogP contribution in [0.4, 0.5) is 4.39 Å². The van der Waals surface area contributed by atoms with Gasteiger partial charge in [-0.25, -0.2) is 4.39 Å². The highest BCUT2D eigenvalue weighted by molar-refractivity contribution is 5.29. The minimum atomic E-state index is -0.164. The average molecular weight is 208 g/mol. The Balaban J connectivity index is 2.10. The van der Waals surface area contributed by atoms with E-state index < -0.39 is 0 Å². The second-order valence-corrected chi connectivity index (χ2v) is 4.37. The van der Waals surface area contributed by atoms with Crippen LogP contribution in [0.1, 0.15) is 11.1 Å². The van der Waals surface area contributed by atoms with E-state index in [0.717, 1.165) is 25.1 Å². The summed E-state index contributed by atoms with van der Waals surface area (Å²) in [7, 11) is 2.10. The van der Waals surface area contributed by atoms with Gasteiger partial charge in [-0.2, -0.15) is 0 Å². The Morgan fingerprint density at radius 3 is 2.80 bits per heavy atom. The van der Waals surface area contributed by atoms with Crippen molar-refractivity contribution >= 4 is 0 Å². The lowest BCUT2D eigenvalue weighted by molar-refractivity contribution is 0.134. The maximum absolute atomic E-state index is 13.4. The molecule has 1 aromatic rings. The number of halogens is 1. The van der Waals surface area contributed by atoms with Gasteiger partial charge in [-0.1, -0.05) is 12.1 Å². The normalized spacial score (nSPS) is 17.8. The van der Waals surface area contributed by atoms with Gasteiger partial charge < -0.3 is 10.6 Å². The van der Waals surface area contributed by atoms with Crippen LogP contribution in [0.5, 0.6) is 0 Å². The first-order chi connectivity index (χ1) is 7.20. The lowest BCUT2D eigenvalue weighted by Crippen LogP contribution is -2.44. The zero-order chi connectivity index (χ0) is 10.8. The second-order valence-electron chi connectivity index (χ2n) is 4.37. The molecule has 82 valence electrons. The molecule has 1 saturated heterocycles. The van der Waals surface area contributed by atoms with Gasteiger partial charge in [0, 0.05) is 25.2 Å². The van der Waals surface area contributed by atoms with Gasteiger partial charge in [0.25, 0.3) is 0 Å². The van der Waals surface area contributed by atoms with Crippen molar-refractivity contribution in [3.63, 3.8) is 0 Å². The molecule has 1 aromatic carbocycles. The molecule has 2 N–H and O–H groups in total. The zero-order valence-electron chi connectivity index (χ0n) is 9.04. The van der Waals surface area contributed by atoms with Crippen molar-refractivity contribution in [2.24, 2.45) is 11.7 Å². The Bertz CT molecular complexity index is 345. The van der Waals surface area contributed by atoms with Crippen LogP contribution in [0.25, 0.3) is 0 Å². The number of likely N-dealkylation sites (tertiary alicyclic amines) is 1. The predicted octanol–water partition coefficient (Wildman–Crippen LogP) is 1.39. The summed E-state index contributed by atoms with van der Waals surface area (Å²) in [5, 5.41) is 0. The third-order valence-corrected chi connectivity index (χ3v) is 3.07. The van der Waals surface area contributed by atoms with Crippen LogP contribution in [-0.4, -0.2) is 25.0 Å². The quantitative estimate of drug-likeness (QED) is 0.813. The smallest absolute Gasteiger partial charge is 0.127 e. The SMILES string of the molecule is CN1CC(Cc2cccc(F)c2CN)C1. The van der Waals surface area contributed by atoms with Gasteiger partial charge in [-0.05, 0) is 31.0 Å². The molecule has 0 atom stereocenters. The Kier molecular flexibility index (Phi) is 3.03. The van der Waals surface area contributed by atoms with Crippen LogP contribution < -0.4 is 5.73 Å². The van der Waals surface area contributed by atoms with Crippen LogP contribution in [-0.2, 0) is 13.0 Å². The first kappa shape index (κ1) is 10.6. The molecule has 0 amide bonds. The molecule has 0 aliphatic carbocycles. The number of nitrogens with two attached hydrogens (primary N) is 1. The summed E-state index contributed by atoms with van der Waals surface area (Å²) in [6, 6.07) is 5.24. The molecular weight excluding hydrogens is 191 g/mol. The maximum atomic E-state index is 13.4. The summed E-state index contributed by atoms with van der Waals surface area (Å²) in [5.41, 5.74) is 7.33. The standard InChI is InChI=1S/C12H17FN2/c1-15-7-9(8-15)5-10-3-2-4-12(13)11(10)6-14/h2-4,9H,5-8,14H2,1H3. The molecule has 1 heterocycles. The second kappa shape index (κ2) is 4.29. The molecule has 2 rings (SSSR count). The summed E-state index contributed by atoms with van der Waals surface area (Å²) < 4.78 is 13.4. The van der Waals surface area contributed by atoms with Crippen LogP contribution in [0.15, 0.2) is 18.2 Å². The van der Waals surface area contributed by atoms with E-state index in [4.69, 9.17) is 5.73 Å². The molecule has 3 heteroatoms. The Morgan fingerprint density at radius 1 is 1.47 bits per heavy atom. The van der Waals surface area contributed by atoms with Crippen molar-refractivity contribution < 1.29 is 4.39 Å². The highest BCUT2D eigenvalue weighted by atomic mass is 19.1. The molecule has 0 saturated carbocycles. The molecule has 1 fully saturated rings. The van der Waals surface area contributed by atoms with E-state index in [1.165, 1.54) is 6.07 Å². The summed E-state index contributed by atoms with van der Waals surface area (Å²) in [6.07, 6.45) is 0.953. The van der Waals surface area contributed by atoms with Crippen LogP contribution >= 0.6 is 0 Å². The molecule has 0 aromatic heterocycles. The summed E-state index contributed by atoms with van der Waals surface area (Å²) in [6.45, 7) is 2.52. The molecule has 1 aliphatic rings. The number of hydrogen-bond acceptors (Lipinski definition) is 2. The summed E-state index contributed by atoms with van der Waals surface area (Å²) in [5.74, 6) is 0.504. The van der Waals surface area contributed by atoms with Gasteiger partial charge in [0.05, 0.1) is 0 Å². The number of hydrogen-bond donors (Lipinski definition) is 1. The van der Waals surface area contributed by atoms with Crippen molar-refractivity contribution in [2.75, 3.05) is 20.1 Å². The predicted molar refractivity (Wildman–Crippen MR) is 59.0 cm³/mol. The lowest BCUT2D eigenvalue weighted by Gasteiger charge is -2.36. The molecule has 1 aliphatic heterocycles. The van der Waals surface area contributed by atoms with E-state index in [1.807, 2.05) is 6.07 Å². The van der Waals surface area contributed by atoms with Crippen molar-refractivity contribution in [2.45, 2.75) is 13.0 Å². The van der Waals surface area contributed by atoms with E-state index >= 15 is 0 Å².